The number of ether oxygens (including phenoxy) is 2. The number of hydrogen-bond donors (Lipinski definition) is 1. The van der Waals surface area contributed by atoms with Crippen molar-refractivity contribution in [3.63, 3.8) is 0 Å². The molecule has 0 unspecified atom stereocenters. The third-order valence-electron chi connectivity index (χ3n) is 7.88. The molecule has 4 nitrogen and oxygen atoms in total. The molecule has 3 aromatic rings. The van der Waals surface area contributed by atoms with Crippen molar-refractivity contribution in [2.75, 3.05) is 26.3 Å². The molecule has 0 bridgehead atoms. The van der Waals surface area contributed by atoms with Gasteiger partial charge in [0.1, 0.15) is 5.75 Å². The Morgan fingerprint density at radius 2 is 1.47 bits per heavy atom. The van der Waals surface area contributed by atoms with Crippen molar-refractivity contribution in [2.45, 2.75) is 71.6 Å². The van der Waals surface area contributed by atoms with E-state index in [1.54, 1.807) is 0 Å². The number of nitrogens with one attached hydrogen (secondary N) is 1. The van der Waals surface area contributed by atoms with Gasteiger partial charge < -0.3 is 14.8 Å². The van der Waals surface area contributed by atoms with Gasteiger partial charge in [-0.1, -0.05) is 71.0 Å². The lowest BCUT2D eigenvalue weighted by molar-refractivity contribution is 0.0526. The third-order valence-corrected chi connectivity index (χ3v) is 7.88. The Morgan fingerprint density at radius 3 is 2.16 bits per heavy atom. The summed E-state index contributed by atoms with van der Waals surface area (Å²) in [5.41, 5.74) is 8.20. The number of fused-ring (bicyclic) bond motifs is 1. The van der Waals surface area contributed by atoms with Gasteiger partial charge in [0.2, 0.25) is 0 Å². The van der Waals surface area contributed by atoms with E-state index in [-0.39, 0.29) is 16.8 Å². The van der Waals surface area contributed by atoms with Gasteiger partial charge in [-0.05, 0) is 102 Å². The summed E-state index contributed by atoms with van der Waals surface area (Å²) in [6, 6.07) is 21.1. The van der Waals surface area contributed by atoms with Gasteiger partial charge in [-0.25, -0.2) is 4.79 Å². The molecular formula is C34H43NO3. The fourth-order valence-electron chi connectivity index (χ4n) is 5.39. The van der Waals surface area contributed by atoms with Crippen LogP contribution < -0.4 is 10.1 Å². The van der Waals surface area contributed by atoms with E-state index < -0.39 is 0 Å². The molecule has 0 heterocycles. The van der Waals surface area contributed by atoms with E-state index in [1.165, 1.54) is 29.5 Å². The summed E-state index contributed by atoms with van der Waals surface area (Å²) in [6.45, 7) is 16.3. The topological polar surface area (TPSA) is 47.6 Å². The highest BCUT2D eigenvalue weighted by Gasteiger charge is 2.37. The maximum Gasteiger partial charge on any atom is 0.338 e. The second-order valence-corrected chi connectivity index (χ2v) is 11.6. The number of carbonyl (C=O) groups is 1. The van der Waals surface area contributed by atoms with Crippen molar-refractivity contribution >= 4 is 5.97 Å². The highest BCUT2D eigenvalue weighted by Crippen LogP contribution is 2.47. The van der Waals surface area contributed by atoms with E-state index in [0.29, 0.717) is 18.8 Å². The van der Waals surface area contributed by atoms with Gasteiger partial charge in [-0.2, -0.15) is 0 Å². The van der Waals surface area contributed by atoms with Gasteiger partial charge in [0.25, 0.3) is 0 Å². The number of rotatable bonds is 10. The van der Waals surface area contributed by atoms with Crippen LogP contribution in [0.25, 0.3) is 22.3 Å². The SMILES string of the molecule is CCNCCCOc1ccc(-c2ccc(C(=O)OCC)cc2)cc1-c1ccc2c(c1)C(C)(C)CCC2(C)C. The van der Waals surface area contributed by atoms with Gasteiger partial charge in [0, 0.05) is 5.56 Å². The van der Waals surface area contributed by atoms with Crippen molar-refractivity contribution in [2.24, 2.45) is 0 Å². The van der Waals surface area contributed by atoms with Crippen LogP contribution in [0.3, 0.4) is 0 Å². The predicted molar refractivity (Wildman–Crippen MR) is 157 cm³/mol. The Kier molecular flexibility index (Phi) is 8.62. The quantitative estimate of drug-likeness (QED) is 0.221. The van der Waals surface area contributed by atoms with E-state index >= 15 is 0 Å². The van der Waals surface area contributed by atoms with E-state index in [9.17, 15) is 4.79 Å². The first-order chi connectivity index (χ1) is 18.2. The summed E-state index contributed by atoms with van der Waals surface area (Å²) >= 11 is 0. The Labute approximate surface area is 228 Å². The Bertz CT molecular complexity index is 1260. The molecule has 38 heavy (non-hydrogen) atoms. The lowest BCUT2D eigenvalue weighted by Crippen LogP contribution is -2.33. The normalized spacial score (nSPS) is 15.5. The lowest BCUT2D eigenvalue weighted by atomic mass is 9.63. The molecule has 1 N–H and O–H groups in total. The van der Waals surface area contributed by atoms with Crippen molar-refractivity contribution in [3.05, 3.63) is 77.4 Å². The summed E-state index contributed by atoms with van der Waals surface area (Å²) in [5.74, 6) is 0.613. The average molecular weight is 514 g/mol. The molecule has 0 aromatic heterocycles. The highest BCUT2D eigenvalue weighted by atomic mass is 16.5. The minimum absolute atomic E-state index is 0.133. The van der Waals surface area contributed by atoms with Crippen LogP contribution in [0.5, 0.6) is 5.75 Å². The van der Waals surface area contributed by atoms with Gasteiger partial charge in [-0.15, -0.1) is 0 Å². The molecule has 0 radical (unpaired) electrons. The summed E-state index contributed by atoms with van der Waals surface area (Å²) in [4.78, 5) is 12.1. The van der Waals surface area contributed by atoms with Crippen molar-refractivity contribution < 1.29 is 14.3 Å². The zero-order valence-corrected chi connectivity index (χ0v) is 23.9. The van der Waals surface area contributed by atoms with Gasteiger partial charge >= 0.3 is 5.97 Å². The summed E-state index contributed by atoms with van der Waals surface area (Å²) in [5, 5.41) is 3.37. The molecular weight excluding hydrogens is 470 g/mol. The van der Waals surface area contributed by atoms with E-state index in [0.717, 1.165) is 42.0 Å². The minimum Gasteiger partial charge on any atom is -0.493 e. The summed E-state index contributed by atoms with van der Waals surface area (Å²) < 4.78 is 11.5. The van der Waals surface area contributed by atoms with Crippen LogP contribution in [-0.4, -0.2) is 32.3 Å². The molecule has 1 aliphatic rings. The van der Waals surface area contributed by atoms with Crippen LogP contribution in [0.1, 0.15) is 82.3 Å². The maximum atomic E-state index is 12.1. The predicted octanol–water partition coefficient (Wildman–Crippen LogP) is 7.92. The fraction of sp³-hybridized carbons (Fsp3) is 0.441. The molecule has 0 fully saturated rings. The monoisotopic (exact) mass is 513 g/mol. The smallest absolute Gasteiger partial charge is 0.338 e. The molecule has 4 heteroatoms. The maximum absolute atomic E-state index is 12.1. The third kappa shape index (κ3) is 6.13. The average Bonchev–Trinajstić information content (AvgIpc) is 2.91. The molecule has 202 valence electrons. The van der Waals surface area contributed by atoms with Crippen molar-refractivity contribution in [1.82, 2.24) is 5.32 Å². The Hall–Kier alpha value is -3.11. The molecule has 0 atom stereocenters. The molecule has 0 amide bonds. The lowest BCUT2D eigenvalue weighted by Gasteiger charge is -2.42. The largest absolute Gasteiger partial charge is 0.493 e. The van der Waals surface area contributed by atoms with E-state index in [2.05, 4.69) is 76.3 Å². The first-order valence-corrected chi connectivity index (χ1v) is 14.1. The van der Waals surface area contributed by atoms with E-state index in [1.807, 2.05) is 31.2 Å². The molecule has 0 saturated carbocycles. The minimum atomic E-state index is -0.291. The van der Waals surface area contributed by atoms with Crippen LogP contribution in [0, 0.1) is 0 Å². The summed E-state index contributed by atoms with van der Waals surface area (Å²) in [6.07, 6.45) is 3.33. The fourth-order valence-corrected chi connectivity index (χ4v) is 5.39. The molecule has 4 rings (SSSR count). The first kappa shape index (κ1) is 27.9. The van der Waals surface area contributed by atoms with Gasteiger partial charge in [0.05, 0.1) is 18.8 Å². The Balaban J connectivity index is 1.73. The van der Waals surface area contributed by atoms with Crippen LogP contribution in [0.15, 0.2) is 60.7 Å². The van der Waals surface area contributed by atoms with Crippen LogP contribution in [0.4, 0.5) is 0 Å². The number of carbonyl (C=O) groups excluding carboxylic acids is 1. The zero-order valence-electron chi connectivity index (χ0n) is 23.9. The second-order valence-electron chi connectivity index (χ2n) is 11.6. The van der Waals surface area contributed by atoms with Crippen molar-refractivity contribution in [3.8, 4) is 28.0 Å². The first-order valence-electron chi connectivity index (χ1n) is 14.1. The number of esters is 1. The van der Waals surface area contributed by atoms with Gasteiger partial charge in [-0.3, -0.25) is 0 Å². The highest BCUT2D eigenvalue weighted by molar-refractivity contribution is 5.90. The summed E-state index contributed by atoms with van der Waals surface area (Å²) in [7, 11) is 0. The van der Waals surface area contributed by atoms with Crippen molar-refractivity contribution in [1.29, 1.82) is 0 Å². The standard InChI is InChI=1S/C34H43NO3/c1-7-35-20-9-21-38-31-17-15-26(24-10-12-25(13-11-24)32(36)37-8-2)22-28(31)27-14-16-29-30(23-27)34(5,6)19-18-33(29,3)4/h10-17,22-23,35H,7-9,18-21H2,1-6H3. The van der Waals surface area contributed by atoms with E-state index in [4.69, 9.17) is 9.47 Å². The van der Waals surface area contributed by atoms with Crippen LogP contribution in [0.2, 0.25) is 0 Å². The number of benzene rings is 3. The van der Waals surface area contributed by atoms with Crippen LogP contribution in [-0.2, 0) is 15.6 Å². The molecule has 1 aliphatic carbocycles. The molecule has 0 spiro atoms. The second kappa shape index (κ2) is 11.7. The molecule has 0 aliphatic heterocycles. The van der Waals surface area contributed by atoms with Gasteiger partial charge in [0.15, 0.2) is 0 Å². The molecule has 0 saturated heterocycles. The van der Waals surface area contributed by atoms with Crippen LogP contribution >= 0.6 is 0 Å². The Morgan fingerprint density at radius 1 is 0.816 bits per heavy atom. The zero-order chi connectivity index (χ0) is 27.3. The molecule has 3 aromatic carbocycles. The number of hydrogen-bond acceptors (Lipinski definition) is 4.